The summed E-state index contributed by atoms with van der Waals surface area (Å²) in [5.41, 5.74) is 4.17. The van der Waals surface area contributed by atoms with Crippen molar-refractivity contribution in [3.8, 4) is 16.9 Å². The van der Waals surface area contributed by atoms with Gasteiger partial charge in [0, 0.05) is 48.3 Å². The molecule has 3 aromatic rings. The number of hydrogen-bond donors (Lipinski definition) is 0. The Morgan fingerprint density at radius 2 is 1.90 bits per heavy atom. The van der Waals surface area contributed by atoms with E-state index in [2.05, 4.69) is 29.0 Å². The second-order valence-corrected chi connectivity index (χ2v) is 10.7. The molecule has 0 amide bonds. The molecule has 0 aliphatic carbocycles. The normalized spacial score (nSPS) is 14.5. The Bertz CT molecular complexity index is 1430. The third-order valence-electron chi connectivity index (χ3n) is 7.92. The first-order valence-electron chi connectivity index (χ1n) is 14.1. The quantitative estimate of drug-likeness (QED) is 0.153. The molecule has 1 saturated heterocycles. The van der Waals surface area contributed by atoms with E-state index in [4.69, 9.17) is 9.72 Å². The SMILES string of the molecule is C=CC(c1cccc(C(F)(F)F)c1)C(C)N(Cc1nc(N2CCC2)ccc1-c1cc(CCC=O)ccc1OC)C(=C)C. The number of pyridine rings is 1. The van der Waals surface area contributed by atoms with E-state index in [0.29, 0.717) is 30.7 Å². The number of ether oxygens (including phenoxy) is 1. The van der Waals surface area contributed by atoms with E-state index in [9.17, 15) is 18.0 Å². The van der Waals surface area contributed by atoms with Crippen molar-refractivity contribution in [3.05, 3.63) is 102 Å². The summed E-state index contributed by atoms with van der Waals surface area (Å²) in [6.45, 7) is 14.3. The predicted octanol–water partition coefficient (Wildman–Crippen LogP) is 7.81. The number of allylic oxidation sites excluding steroid dienone is 1. The first kappa shape index (κ1) is 30.9. The third kappa shape index (κ3) is 6.86. The lowest BCUT2D eigenvalue weighted by Crippen LogP contribution is -2.38. The molecule has 1 aliphatic rings. The van der Waals surface area contributed by atoms with Gasteiger partial charge in [-0.3, -0.25) is 0 Å². The van der Waals surface area contributed by atoms with Gasteiger partial charge in [0.2, 0.25) is 0 Å². The van der Waals surface area contributed by atoms with Crippen molar-refractivity contribution in [2.24, 2.45) is 0 Å². The van der Waals surface area contributed by atoms with Gasteiger partial charge >= 0.3 is 6.18 Å². The number of carbonyl (C=O) groups is 1. The number of alkyl halides is 3. The Morgan fingerprint density at radius 3 is 2.50 bits per heavy atom. The highest BCUT2D eigenvalue weighted by Gasteiger charge is 2.32. The Labute approximate surface area is 246 Å². The Hall–Kier alpha value is -4.07. The first-order valence-corrected chi connectivity index (χ1v) is 14.1. The topological polar surface area (TPSA) is 45.7 Å². The lowest BCUT2D eigenvalue weighted by Gasteiger charge is -2.37. The summed E-state index contributed by atoms with van der Waals surface area (Å²) in [5.74, 6) is 1.17. The van der Waals surface area contributed by atoms with Crippen molar-refractivity contribution >= 4 is 12.1 Å². The molecule has 5 nitrogen and oxygen atoms in total. The molecule has 1 aliphatic heterocycles. The summed E-state index contributed by atoms with van der Waals surface area (Å²) in [7, 11) is 1.62. The molecule has 1 fully saturated rings. The van der Waals surface area contributed by atoms with Gasteiger partial charge in [-0.25, -0.2) is 4.98 Å². The molecule has 42 heavy (non-hydrogen) atoms. The van der Waals surface area contributed by atoms with Gasteiger partial charge in [0.05, 0.1) is 24.9 Å². The van der Waals surface area contributed by atoms with Crippen LogP contribution < -0.4 is 9.64 Å². The second-order valence-electron chi connectivity index (χ2n) is 10.7. The molecule has 1 aromatic heterocycles. The van der Waals surface area contributed by atoms with Crippen LogP contribution in [-0.2, 0) is 23.9 Å². The molecule has 0 saturated carbocycles. The van der Waals surface area contributed by atoms with Crippen molar-refractivity contribution in [3.63, 3.8) is 0 Å². The first-order chi connectivity index (χ1) is 20.1. The van der Waals surface area contributed by atoms with Crippen molar-refractivity contribution in [1.82, 2.24) is 9.88 Å². The zero-order chi connectivity index (χ0) is 30.4. The van der Waals surface area contributed by atoms with Gasteiger partial charge < -0.3 is 19.3 Å². The monoisotopic (exact) mass is 577 g/mol. The van der Waals surface area contributed by atoms with Gasteiger partial charge in [0.15, 0.2) is 0 Å². The number of anilines is 1. The highest BCUT2D eigenvalue weighted by molar-refractivity contribution is 5.74. The molecule has 0 bridgehead atoms. The minimum absolute atomic E-state index is 0.272. The number of halogens is 3. The van der Waals surface area contributed by atoms with Crippen LogP contribution in [0.3, 0.4) is 0 Å². The van der Waals surface area contributed by atoms with Gasteiger partial charge in [-0.2, -0.15) is 13.2 Å². The minimum Gasteiger partial charge on any atom is -0.496 e. The summed E-state index contributed by atoms with van der Waals surface area (Å²) >= 11 is 0. The zero-order valence-corrected chi connectivity index (χ0v) is 24.5. The Kier molecular flexibility index (Phi) is 9.76. The molecule has 222 valence electrons. The van der Waals surface area contributed by atoms with E-state index in [1.165, 1.54) is 12.1 Å². The molecule has 0 spiro atoms. The summed E-state index contributed by atoms with van der Waals surface area (Å²) in [6, 6.07) is 15.1. The molecular formula is C34H38F3N3O2. The molecular weight excluding hydrogens is 539 g/mol. The van der Waals surface area contributed by atoms with Gasteiger partial charge in [-0.15, -0.1) is 6.58 Å². The van der Waals surface area contributed by atoms with Gasteiger partial charge in [-0.1, -0.05) is 36.9 Å². The predicted molar refractivity (Wildman–Crippen MR) is 162 cm³/mol. The molecule has 0 N–H and O–H groups in total. The number of aromatic nitrogens is 1. The Balaban J connectivity index is 1.77. The average Bonchev–Trinajstić information content (AvgIpc) is 2.93. The van der Waals surface area contributed by atoms with E-state index in [-0.39, 0.29) is 6.04 Å². The number of aryl methyl sites for hydroxylation is 1. The number of hydrogen-bond acceptors (Lipinski definition) is 5. The van der Waals surface area contributed by atoms with Crippen LogP contribution in [0.15, 0.2) is 79.5 Å². The van der Waals surface area contributed by atoms with E-state index in [1.807, 2.05) is 38.1 Å². The van der Waals surface area contributed by atoms with Crippen LogP contribution in [0.2, 0.25) is 0 Å². The standard InChI is InChI=1S/C34H38F3N3O2/c1-6-28(26-11-7-12-27(21-26)34(35,36)37)24(4)40(23(2)3)22-31-29(14-16-33(38-31)39-17-9-18-39)30-20-25(10-8-19-41)13-15-32(30)42-5/h6-7,11-16,19-21,24,28H,1-2,8-10,17-18,22H2,3-5H3. The number of carbonyl (C=O) groups excluding carboxylic acids is 1. The third-order valence-corrected chi connectivity index (χ3v) is 7.92. The molecule has 2 heterocycles. The molecule has 4 rings (SSSR count). The highest BCUT2D eigenvalue weighted by atomic mass is 19.4. The van der Waals surface area contributed by atoms with E-state index >= 15 is 0 Å². The van der Waals surface area contributed by atoms with Crippen molar-refractivity contribution in [1.29, 1.82) is 0 Å². The van der Waals surface area contributed by atoms with Crippen LogP contribution >= 0.6 is 0 Å². The van der Waals surface area contributed by atoms with Crippen LogP contribution in [0.25, 0.3) is 11.1 Å². The van der Waals surface area contributed by atoms with Crippen LogP contribution in [0, 0.1) is 0 Å². The van der Waals surface area contributed by atoms with E-state index < -0.39 is 17.7 Å². The smallest absolute Gasteiger partial charge is 0.416 e. The fourth-order valence-electron chi connectivity index (χ4n) is 5.44. The fourth-order valence-corrected chi connectivity index (χ4v) is 5.44. The number of benzene rings is 2. The van der Waals surface area contributed by atoms with Crippen LogP contribution in [0.4, 0.5) is 19.0 Å². The van der Waals surface area contributed by atoms with Crippen molar-refractivity contribution < 1.29 is 22.7 Å². The van der Waals surface area contributed by atoms with Crippen molar-refractivity contribution in [2.75, 3.05) is 25.1 Å². The molecule has 2 unspecified atom stereocenters. The molecule has 2 aromatic carbocycles. The number of rotatable bonds is 13. The van der Waals surface area contributed by atoms with Crippen molar-refractivity contribution in [2.45, 2.75) is 57.8 Å². The Morgan fingerprint density at radius 1 is 1.14 bits per heavy atom. The average molecular weight is 578 g/mol. The summed E-state index contributed by atoms with van der Waals surface area (Å²) < 4.78 is 46.3. The maximum Gasteiger partial charge on any atom is 0.416 e. The molecule has 0 radical (unpaired) electrons. The molecule has 8 heteroatoms. The van der Waals surface area contributed by atoms with Crippen LogP contribution in [-0.4, -0.2) is 42.4 Å². The van der Waals surface area contributed by atoms with Gasteiger partial charge in [0.1, 0.15) is 17.9 Å². The van der Waals surface area contributed by atoms with Gasteiger partial charge in [-0.05, 0) is 68.1 Å². The maximum atomic E-state index is 13.5. The molecule has 2 atom stereocenters. The minimum atomic E-state index is -4.44. The number of aldehydes is 1. The largest absolute Gasteiger partial charge is 0.496 e. The zero-order valence-electron chi connectivity index (χ0n) is 24.5. The second kappa shape index (κ2) is 13.3. The van der Waals surface area contributed by atoms with Crippen LogP contribution in [0.5, 0.6) is 5.75 Å². The number of methoxy groups -OCH3 is 1. The maximum absolute atomic E-state index is 13.5. The summed E-state index contributed by atoms with van der Waals surface area (Å²) in [6.07, 6.45) is 0.310. The number of nitrogens with zero attached hydrogens (tertiary/aromatic N) is 3. The summed E-state index contributed by atoms with van der Waals surface area (Å²) in [4.78, 5) is 20.4. The van der Waals surface area contributed by atoms with Crippen LogP contribution in [0.1, 0.15) is 55.0 Å². The van der Waals surface area contributed by atoms with Gasteiger partial charge in [0.25, 0.3) is 0 Å². The lowest BCUT2D eigenvalue weighted by molar-refractivity contribution is -0.137. The summed E-state index contributed by atoms with van der Waals surface area (Å²) in [5, 5.41) is 0. The highest BCUT2D eigenvalue weighted by Crippen LogP contribution is 2.38. The lowest BCUT2D eigenvalue weighted by atomic mass is 9.89. The fraction of sp³-hybridized carbons (Fsp3) is 0.353. The van der Waals surface area contributed by atoms with E-state index in [1.54, 1.807) is 19.3 Å². The van der Waals surface area contributed by atoms with E-state index in [0.717, 1.165) is 65.8 Å².